The second-order valence-electron chi connectivity index (χ2n) is 4.14. The van der Waals surface area contributed by atoms with Crippen LogP contribution in [0.15, 0.2) is 48.0 Å². The first-order chi connectivity index (χ1) is 9.75. The van der Waals surface area contributed by atoms with Gasteiger partial charge in [0.1, 0.15) is 0 Å². The molecule has 3 aromatic rings. The van der Waals surface area contributed by atoms with Crippen molar-refractivity contribution in [1.29, 1.82) is 0 Å². The van der Waals surface area contributed by atoms with Crippen LogP contribution in [0, 0.1) is 0 Å². The first kappa shape index (κ1) is 13.0. The van der Waals surface area contributed by atoms with Gasteiger partial charge in [-0.05, 0) is 6.07 Å². The molecule has 0 radical (unpaired) electrons. The largest absolute Gasteiger partial charge is 0.361 e. The number of H-pyrrole nitrogens is 1. The first-order valence-corrected chi connectivity index (χ1v) is 6.65. The van der Waals surface area contributed by atoms with Crippen LogP contribution in [0.4, 0.5) is 5.69 Å². The highest BCUT2D eigenvalue weighted by Crippen LogP contribution is 2.28. The number of aromatic nitrogens is 2. The van der Waals surface area contributed by atoms with Crippen LogP contribution in [0.3, 0.4) is 0 Å². The van der Waals surface area contributed by atoms with Crippen LogP contribution in [0.5, 0.6) is 0 Å². The number of pyridine rings is 1. The van der Waals surface area contributed by atoms with Gasteiger partial charge in [0.15, 0.2) is 0 Å². The summed E-state index contributed by atoms with van der Waals surface area (Å²) in [5, 5.41) is 6.12. The van der Waals surface area contributed by atoms with E-state index in [9.17, 15) is 0 Å². The van der Waals surface area contributed by atoms with Crippen molar-refractivity contribution in [3.8, 4) is 0 Å². The van der Waals surface area contributed by atoms with Crippen LogP contribution in [0.1, 0.15) is 5.56 Å². The molecule has 0 spiro atoms. The molecule has 0 amide bonds. The lowest BCUT2D eigenvalue weighted by atomic mass is 10.2. The van der Waals surface area contributed by atoms with Gasteiger partial charge in [0.2, 0.25) is 0 Å². The fourth-order valence-corrected chi connectivity index (χ4v) is 2.33. The van der Waals surface area contributed by atoms with E-state index in [4.69, 9.17) is 23.2 Å². The quantitative estimate of drug-likeness (QED) is 0.559. The number of para-hydroxylation sites is 1. The van der Waals surface area contributed by atoms with Crippen LogP contribution >= 0.6 is 23.2 Å². The van der Waals surface area contributed by atoms with E-state index in [1.165, 1.54) is 12.4 Å². The molecule has 0 aliphatic heterocycles. The molecule has 0 aliphatic carbocycles. The number of benzene rings is 1. The number of aromatic amines is 1. The molecule has 0 fully saturated rings. The van der Waals surface area contributed by atoms with E-state index in [2.05, 4.69) is 20.5 Å². The van der Waals surface area contributed by atoms with Crippen molar-refractivity contribution in [1.82, 2.24) is 9.97 Å². The average molecular weight is 305 g/mol. The molecule has 0 aliphatic rings. The highest BCUT2D eigenvalue weighted by atomic mass is 35.5. The Labute approximate surface area is 125 Å². The Balaban J connectivity index is 1.85. The molecule has 2 N–H and O–H groups in total. The summed E-state index contributed by atoms with van der Waals surface area (Å²) in [6.45, 7) is 0. The molecule has 4 nitrogen and oxygen atoms in total. The Bertz CT molecular complexity index is 759. The Kier molecular flexibility index (Phi) is 3.58. The van der Waals surface area contributed by atoms with Gasteiger partial charge in [-0.25, -0.2) is 0 Å². The van der Waals surface area contributed by atoms with Crippen molar-refractivity contribution in [2.75, 3.05) is 5.43 Å². The molecule has 6 heteroatoms. The van der Waals surface area contributed by atoms with Gasteiger partial charge >= 0.3 is 0 Å². The predicted molar refractivity (Wildman–Crippen MR) is 83.8 cm³/mol. The van der Waals surface area contributed by atoms with Gasteiger partial charge in [0, 0.05) is 35.1 Å². The molecule has 0 saturated carbocycles. The Morgan fingerprint density at radius 1 is 1.15 bits per heavy atom. The van der Waals surface area contributed by atoms with Crippen LogP contribution in [-0.2, 0) is 0 Å². The zero-order chi connectivity index (χ0) is 13.9. The molecule has 0 bridgehead atoms. The third-order valence-electron chi connectivity index (χ3n) is 2.85. The molecular weight excluding hydrogens is 295 g/mol. The molecule has 1 aromatic carbocycles. The van der Waals surface area contributed by atoms with Crippen molar-refractivity contribution in [3.63, 3.8) is 0 Å². The molecule has 0 unspecified atom stereocenters. The van der Waals surface area contributed by atoms with Gasteiger partial charge in [-0.15, -0.1) is 0 Å². The topological polar surface area (TPSA) is 53.1 Å². The van der Waals surface area contributed by atoms with Crippen LogP contribution in [0.2, 0.25) is 10.0 Å². The van der Waals surface area contributed by atoms with Gasteiger partial charge in [0.05, 0.1) is 21.9 Å². The van der Waals surface area contributed by atoms with Gasteiger partial charge in [-0.1, -0.05) is 41.4 Å². The number of fused-ring (bicyclic) bond motifs is 1. The van der Waals surface area contributed by atoms with E-state index in [-0.39, 0.29) is 0 Å². The minimum absolute atomic E-state index is 0.425. The third kappa shape index (κ3) is 2.48. The lowest BCUT2D eigenvalue weighted by Gasteiger charge is -2.04. The molecule has 2 aromatic heterocycles. The minimum Gasteiger partial charge on any atom is -0.361 e. The van der Waals surface area contributed by atoms with Crippen LogP contribution in [-0.4, -0.2) is 16.2 Å². The number of nitrogens with zero attached hydrogens (tertiary/aromatic N) is 2. The fourth-order valence-electron chi connectivity index (χ4n) is 1.89. The highest BCUT2D eigenvalue weighted by molar-refractivity contribution is 6.38. The SMILES string of the molecule is Clc1cncc(Cl)c1N/N=C/c1c[nH]c2ccccc12. The third-order valence-corrected chi connectivity index (χ3v) is 3.43. The molecular formula is C14H10Cl2N4. The van der Waals surface area contributed by atoms with E-state index < -0.39 is 0 Å². The van der Waals surface area contributed by atoms with Crippen LogP contribution in [0.25, 0.3) is 10.9 Å². The molecule has 2 heterocycles. The number of hydrazone groups is 1. The summed E-state index contributed by atoms with van der Waals surface area (Å²) in [5.74, 6) is 0. The first-order valence-electron chi connectivity index (χ1n) is 5.90. The van der Waals surface area contributed by atoms with Crippen molar-refractivity contribution in [2.45, 2.75) is 0 Å². The Hall–Kier alpha value is -2.04. The normalized spacial score (nSPS) is 11.3. The van der Waals surface area contributed by atoms with Crippen LogP contribution < -0.4 is 5.43 Å². The second-order valence-corrected chi connectivity index (χ2v) is 4.95. The number of halogens is 2. The number of rotatable bonds is 3. The lowest BCUT2D eigenvalue weighted by Crippen LogP contribution is -1.93. The predicted octanol–water partition coefficient (Wildman–Crippen LogP) is 4.32. The summed E-state index contributed by atoms with van der Waals surface area (Å²) in [7, 11) is 0. The number of hydrogen-bond donors (Lipinski definition) is 2. The Morgan fingerprint density at radius 3 is 2.70 bits per heavy atom. The van der Waals surface area contributed by atoms with E-state index in [0.717, 1.165) is 16.5 Å². The number of hydrogen-bond acceptors (Lipinski definition) is 3. The summed E-state index contributed by atoms with van der Waals surface area (Å²) in [6.07, 6.45) is 6.63. The number of nitrogens with one attached hydrogen (secondary N) is 2. The van der Waals surface area contributed by atoms with E-state index in [1.807, 2.05) is 30.5 Å². The number of anilines is 1. The zero-order valence-electron chi connectivity index (χ0n) is 10.3. The molecule has 0 saturated heterocycles. The zero-order valence-corrected chi connectivity index (χ0v) is 11.8. The molecule has 3 rings (SSSR count). The Morgan fingerprint density at radius 2 is 1.90 bits per heavy atom. The van der Waals surface area contributed by atoms with E-state index in [1.54, 1.807) is 6.21 Å². The van der Waals surface area contributed by atoms with Crippen molar-refractivity contribution < 1.29 is 0 Å². The summed E-state index contributed by atoms with van der Waals surface area (Å²) in [5.41, 5.74) is 5.42. The van der Waals surface area contributed by atoms with Gasteiger partial charge in [-0.3, -0.25) is 10.4 Å². The second kappa shape index (κ2) is 5.53. The van der Waals surface area contributed by atoms with Gasteiger partial charge < -0.3 is 4.98 Å². The average Bonchev–Trinajstić information content (AvgIpc) is 2.86. The smallest absolute Gasteiger partial charge is 0.0965 e. The summed E-state index contributed by atoms with van der Waals surface area (Å²) in [6, 6.07) is 8.00. The molecule has 0 atom stereocenters. The fraction of sp³-hybridized carbons (Fsp3) is 0. The maximum Gasteiger partial charge on any atom is 0.0965 e. The van der Waals surface area contributed by atoms with Gasteiger partial charge in [-0.2, -0.15) is 5.10 Å². The van der Waals surface area contributed by atoms with E-state index in [0.29, 0.717) is 15.7 Å². The van der Waals surface area contributed by atoms with Crippen molar-refractivity contribution >= 4 is 46.0 Å². The maximum absolute atomic E-state index is 6.00. The standard InChI is InChI=1S/C14H10Cl2N4/c15-11-7-17-8-12(16)14(11)20-19-6-9-5-18-13-4-2-1-3-10(9)13/h1-8,18H,(H,17,20)/b19-6+. The summed E-state index contributed by atoms with van der Waals surface area (Å²) < 4.78 is 0. The maximum atomic E-state index is 6.00. The summed E-state index contributed by atoms with van der Waals surface area (Å²) >= 11 is 12.0. The summed E-state index contributed by atoms with van der Waals surface area (Å²) in [4.78, 5) is 7.06. The van der Waals surface area contributed by atoms with Crippen molar-refractivity contribution in [2.24, 2.45) is 5.10 Å². The molecule has 100 valence electrons. The minimum atomic E-state index is 0.425. The highest BCUT2D eigenvalue weighted by Gasteiger charge is 2.04. The molecule has 20 heavy (non-hydrogen) atoms. The monoisotopic (exact) mass is 304 g/mol. The lowest BCUT2D eigenvalue weighted by molar-refractivity contribution is 1.28. The van der Waals surface area contributed by atoms with Gasteiger partial charge in [0.25, 0.3) is 0 Å². The van der Waals surface area contributed by atoms with E-state index >= 15 is 0 Å². The van der Waals surface area contributed by atoms with Crippen molar-refractivity contribution in [3.05, 3.63) is 58.5 Å².